The fourth-order valence-corrected chi connectivity index (χ4v) is 4.57. The van der Waals surface area contributed by atoms with Crippen LogP contribution in [0.5, 0.6) is 0 Å². The third kappa shape index (κ3) is 2.35. The van der Waals surface area contributed by atoms with Gasteiger partial charge in [-0.1, -0.05) is 0 Å². The Morgan fingerprint density at radius 2 is 1.95 bits per heavy atom. The van der Waals surface area contributed by atoms with Gasteiger partial charge in [0.2, 0.25) is 5.91 Å². The number of rotatable bonds is 3. The summed E-state index contributed by atoms with van der Waals surface area (Å²) in [6.07, 6.45) is 9.88. The van der Waals surface area contributed by atoms with Crippen LogP contribution in [0.3, 0.4) is 0 Å². The van der Waals surface area contributed by atoms with E-state index in [0.717, 1.165) is 13.0 Å². The van der Waals surface area contributed by atoms with Gasteiger partial charge in [-0.05, 0) is 57.2 Å². The molecule has 0 bridgehead atoms. The van der Waals surface area contributed by atoms with Crippen molar-refractivity contribution < 1.29 is 4.79 Å². The summed E-state index contributed by atoms with van der Waals surface area (Å²) in [6, 6.07) is 1.04. The Balaban J connectivity index is 1.44. The largest absolute Gasteiger partial charge is 0.338 e. The van der Waals surface area contributed by atoms with Crippen molar-refractivity contribution >= 4 is 5.91 Å². The van der Waals surface area contributed by atoms with Crippen LogP contribution >= 0.6 is 0 Å². The summed E-state index contributed by atoms with van der Waals surface area (Å²) in [4.78, 5) is 17.6. The molecule has 5 nitrogen and oxygen atoms in total. The highest BCUT2D eigenvalue weighted by Crippen LogP contribution is 2.49. The first kappa shape index (κ1) is 14.2. The van der Waals surface area contributed by atoms with Crippen LogP contribution in [0.1, 0.15) is 43.6 Å². The molecule has 3 aliphatic rings. The van der Waals surface area contributed by atoms with Gasteiger partial charge < -0.3 is 9.80 Å². The number of nitrogens with zero attached hydrogens (tertiary/aromatic N) is 4. The predicted octanol–water partition coefficient (Wildman–Crippen LogP) is 1.61. The molecule has 2 saturated heterocycles. The average molecular weight is 302 g/mol. The van der Waals surface area contributed by atoms with Crippen LogP contribution in [0.2, 0.25) is 0 Å². The molecule has 120 valence electrons. The lowest BCUT2D eigenvalue weighted by Gasteiger charge is -2.33. The summed E-state index contributed by atoms with van der Waals surface area (Å²) < 4.78 is 1.83. The Morgan fingerprint density at radius 1 is 1.18 bits per heavy atom. The zero-order valence-corrected chi connectivity index (χ0v) is 13.6. The zero-order valence-electron chi connectivity index (χ0n) is 13.6. The van der Waals surface area contributed by atoms with Crippen LogP contribution in [0.15, 0.2) is 12.4 Å². The minimum absolute atomic E-state index is 0.205. The second-order valence-electron chi connectivity index (χ2n) is 7.33. The van der Waals surface area contributed by atoms with E-state index in [9.17, 15) is 4.79 Å². The van der Waals surface area contributed by atoms with E-state index in [0.29, 0.717) is 23.9 Å². The third-order valence-corrected chi connectivity index (χ3v) is 5.86. The minimum Gasteiger partial charge on any atom is -0.338 e. The van der Waals surface area contributed by atoms with Crippen molar-refractivity contribution in [1.29, 1.82) is 0 Å². The second kappa shape index (κ2) is 5.37. The van der Waals surface area contributed by atoms with Crippen LogP contribution in [0.25, 0.3) is 0 Å². The Morgan fingerprint density at radius 3 is 2.64 bits per heavy atom. The van der Waals surface area contributed by atoms with Gasteiger partial charge >= 0.3 is 0 Å². The quantitative estimate of drug-likeness (QED) is 0.852. The van der Waals surface area contributed by atoms with Gasteiger partial charge in [-0.25, -0.2) is 0 Å². The van der Waals surface area contributed by atoms with Crippen LogP contribution in [-0.2, 0) is 11.8 Å². The average Bonchev–Trinajstić information content (AvgIpc) is 2.84. The van der Waals surface area contributed by atoms with Crippen LogP contribution in [-0.4, -0.2) is 57.7 Å². The molecule has 1 amide bonds. The fraction of sp³-hybridized carbons (Fsp3) is 0.765. The standard InChI is InChI=1S/C17H26N4O/c1-19-7-3-5-15(19)16-6-4-8-21(16)17(22)14-9-13(14)12-10-18-20(2)11-12/h10-11,13-16H,3-9H2,1-2H3/t13-,14+,15+,16-/m0/s1. The van der Waals surface area contributed by atoms with Gasteiger partial charge in [0.1, 0.15) is 0 Å². The van der Waals surface area contributed by atoms with Crippen LogP contribution < -0.4 is 0 Å². The highest BCUT2D eigenvalue weighted by atomic mass is 16.2. The molecule has 0 aromatic carbocycles. The van der Waals surface area contributed by atoms with E-state index in [-0.39, 0.29) is 5.92 Å². The highest BCUT2D eigenvalue weighted by Gasteiger charge is 2.49. The molecule has 3 heterocycles. The molecule has 3 fully saturated rings. The van der Waals surface area contributed by atoms with Crippen molar-refractivity contribution in [2.24, 2.45) is 13.0 Å². The number of amides is 1. The molecule has 0 N–H and O–H groups in total. The zero-order chi connectivity index (χ0) is 15.3. The lowest BCUT2D eigenvalue weighted by molar-refractivity contribution is -0.134. The number of likely N-dealkylation sites (N-methyl/N-ethyl adjacent to an activating group) is 1. The summed E-state index contributed by atoms with van der Waals surface area (Å²) in [6.45, 7) is 2.15. The molecule has 4 atom stereocenters. The van der Waals surface area contributed by atoms with E-state index in [2.05, 4.69) is 28.1 Å². The number of carbonyl (C=O) groups is 1. The summed E-state index contributed by atoms with van der Waals surface area (Å²) in [5.41, 5.74) is 1.23. The number of likely N-dealkylation sites (tertiary alicyclic amines) is 2. The minimum atomic E-state index is 0.205. The van der Waals surface area contributed by atoms with Crippen molar-refractivity contribution in [3.63, 3.8) is 0 Å². The SMILES string of the molecule is CN1CCC[C@@H]1[C@@H]1CCCN1C(=O)[C@@H]1C[C@H]1c1cnn(C)c1. The highest BCUT2D eigenvalue weighted by molar-refractivity contribution is 5.83. The monoisotopic (exact) mass is 302 g/mol. The maximum atomic E-state index is 13.0. The van der Waals surface area contributed by atoms with Gasteiger partial charge in [0.05, 0.1) is 6.20 Å². The first-order valence-corrected chi connectivity index (χ1v) is 8.64. The molecule has 1 aromatic heterocycles. The van der Waals surface area contributed by atoms with E-state index in [1.807, 2.05) is 17.9 Å². The number of aryl methyl sites for hydroxylation is 1. The van der Waals surface area contributed by atoms with Crippen molar-refractivity contribution in [2.75, 3.05) is 20.1 Å². The van der Waals surface area contributed by atoms with E-state index in [1.165, 1.54) is 37.8 Å². The van der Waals surface area contributed by atoms with E-state index < -0.39 is 0 Å². The topological polar surface area (TPSA) is 41.4 Å². The number of carbonyl (C=O) groups excluding carboxylic acids is 1. The molecular formula is C17H26N4O. The first-order valence-electron chi connectivity index (χ1n) is 8.64. The Kier molecular flexibility index (Phi) is 3.48. The first-order chi connectivity index (χ1) is 10.6. The second-order valence-corrected chi connectivity index (χ2v) is 7.33. The predicted molar refractivity (Wildman–Crippen MR) is 84.4 cm³/mol. The van der Waals surface area contributed by atoms with Crippen molar-refractivity contribution in [2.45, 2.75) is 50.1 Å². The van der Waals surface area contributed by atoms with E-state index >= 15 is 0 Å². The molecule has 1 aromatic rings. The van der Waals surface area contributed by atoms with Crippen molar-refractivity contribution in [3.8, 4) is 0 Å². The normalized spacial score (nSPS) is 35.3. The van der Waals surface area contributed by atoms with Crippen molar-refractivity contribution in [3.05, 3.63) is 18.0 Å². The van der Waals surface area contributed by atoms with Gasteiger partial charge in [0.25, 0.3) is 0 Å². The van der Waals surface area contributed by atoms with Crippen LogP contribution in [0, 0.1) is 5.92 Å². The van der Waals surface area contributed by atoms with E-state index in [4.69, 9.17) is 0 Å². The summed E-state index contributed by atoms with van der Waals surface area (Å²) >= 11 is 0. The van der Waals surface area contributed by atoms with Gasteiger partial charge in [0, 0.05) is 37.8 Å². The molecular weight excluding hydrogens is 276 g/mol. The summed E-state index contributed by atoms with van der Waals surface area (Å²) in [5.74, 6) is 1.01. The maximum Gasteiger partial charge on any atom is 0.226 e. The van der Waals surface area contributed by atoms with Crippen molar-refractivity contribution in [1.82, 2.24) is 19.6 Å². The lowest BCUT2D eigenvalue weighted by Crippen LogP contribution is -2.47. The van der Waals surface area contributed by atoms with Gasteiger partial charge in [-0.2, -0.15) is 5.10 Å². The Bertz CT molecular complexity index is 569. The molecule has 1 aliphatic carbocycles. The molecule has 1 saturated carbocycles. The number of aromatic nitrogens is 2. The fourth-order valence-electron chi connectivity index (χ4n) is 4.57. The third-order valence-electron chi connectivity index (χ3n) is 5.86. The molecule has 22 heavy (non-hydrogen) atoms. The lowest BCUT2D eigenvalue weighted by atomic mass is 10.0. The Hall–Kier alpha value is -1.36. The van der Waals surface area contributed by atoms with E-state index in [1.54, 1.807) is 0 Å². The molecule has 5 heteroatoms. The summed E-state index contributed by atoms with van der Waals surface area (Å²) in [5, 5.41) is 4.24. The van der Waals surface area contributed by atoms with Gasteiger partial charge in [-0.3, -0.25) is 9.48 Å². The molecule has 0 radical (unpaired) electrons. The number of hydrogen-bond acceptors (Lipinski definition) is 3. The Labute approximate surface area is 132 Å². The number of hydrogen-bond donors (Lipinski definition) is 0. The van der Waals surface area contributed by atoms with Gasteiger partial charge in [-0.15, -0.1) is 0 Å². The molecule has 4 rings (SSSR count). The van der Waals surface area contributed by atoms with Crippen LogP contribution in [0.4, 0.5) is 0 Å². The summed E-state index contributed by atoms with van der Waals surface area (Å²) in [7, 11) is 4.16. The molecule has 2 aliphatic heterocycles. The molecule has 0 unspecified atom stereocenters. The smallest absolute Gasteiger partial charge is 0.226 e. The van der Waals surface area contributed by atoms with Gasteiger partial charge in [0.15, 0.2) is 0 Å². The maximum absolute atomic E-state index is 13.0. The molecule has 0 spiro atoms.